The van der Waals surface area contributed by atoms with Crippen molar-refractivity contribution < 1.29 is 14.3 Å². The zero-order valence-corrected chi connectivity index (χ0v) is 16.0. The van der Waals surface area contributed by atoms with E-state index in [4.69, 9.17) is 9.47 Å². The summed E-state index contributed by atoms with van der Waals surface area (Å²) < 4.78 is 11.4. The number of benzene rings is 1. The van der Waals surface area contributed by atoms with Crippen LogP contribution in [0.3, 0.4) is 0 Å². The lowest BCUT2D eigenvalue weighted by Crippen LogP contribution is -2.38. The number of amides is 1. The van der Waals surface area contributed by atoms with Crippen LogP contribution in [0.1, 0.15) is 59.2 Å². The summed E-state index contributed by atoms with van der Waals surface area (Å²) in [5.74, 6) is 1.46. The van der Waals surface area contributed by atoms with Gasteiger partial charge < -0.3 is 20.1 Å². The maximum Gasteiger partial charge on any atom is 0.256 e. The van der Waals surface area contributed by atoms with Crippen LogP contribution in [-0.4, -0.2) is 19.1 Å². The van der Waals surface area contributed by atoms with E-state index in [0.29, 0.717) is 19.0 Å². The summed E-state index contributed by atoms with van der Waals surface area (Å²) in [6.07, 6.45) is 4.23. The van der Waals surface area contributed by atoms with Crippen molar-refractivity contribution in [2.24, 2.45) is 0 Å². The standard InChI is InChI=1S/C20H24N2O3S/c1-3-24-14-10-9-12(11-15(14)25-4-2)18-21-19(23)17-13-7-5-6-8-16(13)26-20(17)22-18/h9-11,18,22H,3-8H2,1-2H3,(H,21,23)/t18-/m1/s1. The van der Waals surface area contributed by atoms with Crippen LogP contribution in [-0.2, 0) is 12.8 Å². The van der Waals surface area contributed by atoms with Crippen molar-refractivity contribution in [3.63, 3.8) is 0 Å². The molecule has 1 amide bonds. The molecule has 2 N–H and O–H groups in total. The van der Waals surface area contributed by atoms with Crippen LogP contribution in [0.4, 0.5) is 5.00 Å². The fourth-order valence-corrected chi connectivity index (χ4v) is 5.01. The minimum atomic E-state index is -0.259. The Labute approximate surface area is 157 Å². The van der Waals surface area contributed by atoms with Crippen LogP contribution < -0.4 is 20.1 Å². The molecule has 1 aromatic carbocycles. The van der Waals surface area contributed by atoms with Crippen molar-refractivity contribution in [2.75, 3.05) is 18.5 Å². The molecule has 0 unspecified atom stereocenters. The molecule has 0 fully saturated rings. The summed E-state index contributed by atoms with van der Waals surface area (Å²) >= 11 is 1.74. The number of hydrogen-bond donors (Lipinski definition) is 2. The first-order chi connectivity index (χ1) is 12.7. The highest BCUT2D eigenvalue weighted by molar-refractivity contribution is 7.16. The first-order valence-electron chi connectivity index (χ1n) is 9.32. The number of carbonyl (C=O) groups is 1. The minimum absolute atomic E-state index is 0.0231. The summed E-state index contributed by atoms with van der Waals surface area (Å²) in [6.45, 7) is 5.05. The molecule has 4 rings (SSSR count). The third-order valence-electron chi connectivity index (χ3n) is 4.85. The van der Waals surface area contributed by atoms with Crippen molar-refractivity contribution in [2.45, 2.75) is 45.7 Å². The van der Waals surface area contributed by atoms with Crippen LogP contribution in [0, 0.1) is 0 Å². The molecule has 5 nitrogen and oxygen atoms in total. The van der Waals surface area contributed by atoms with Gasteiger partial charge in [-0.1, -0.05) is 6.07 Å². The molecule has 0 radical (unpaired) electrons. The van der Waals surface area contributed by atoms with Crippen LogP contribution in [0.25, 0.3) is 0 Å². The maximum atomic E-state index is 12.8. The van der Waals surface area contributed by atoms with Crippen molar-refractivity contribution >= 4 is 22.2 Å². The first kappa shape index (κ1) is 17.2. The average molecular weight is 372 g/mol. The lowest BCUT2D eigenvalue weighted by molar-refractivity contribution is 0.0935. The van der Waals surface area contributed by atoms with Gasteiger partial charge in [-0.15, -0.1) is 11.3 Å². The van der Waals surface area contributed by atoms with Crippen LogP contribution in [0.5, 0.6) is 11.5 Å². The summed E-state index contributed by atoms with van der Waals surface area (Å²) in [7, 11) is 0. The molecular weight excluding hydrogens is 348 g/mol. The Morgan fingerprint density at radius 3 is 2.65 bits per heavy atom. The zero-order chi connectivity index (χ0) is 18.1. The third-order valence-corrected chi connectivity index (χ3v) is 6.07. The minimum Gasteiger partial charge on any atom is -0.490 e. The molecule has 2 heterocycles. The largest absolute Gasteiger partial charge is 0.490 e. The van der Waals surface area contributed by atoms with Gasteiger partial charge in [0.05, 0.1) is 18.8 Å². The molecule has 1 aliphatic heterocycles. The molecule has 1 aromatic heterocycles. The molecule has 0 spiro atoms. The summed E-state index contributed by atoms with van der Waals surface area (Å²) in [4.78, 5) is 14.1. The molecule has 6 heteroatoms. The van der Waals surface area contributed by atoms with Gasteiger partial charge >= 0.3 is 0 Å². The Balaban J connectivity index is 1.64. The molecule has 1 aliphatic carbocycles. The Kier molecular flexibility index (Phi) is 4.76. The number of carbonyl (C=O) groups excluding carboxylic acids is 1. The molecule has 0 bridgehead atoms. The molecule has 0 saturated heterocycles. The normalized spacial score (nSPS) is 18.4. The summed E-state index contributed by atoms with van der Waals surface area (Å²) in [5, 5.41) is 7.62. The summed E-state index contributed by atoms with van der Waals surface area (Å²) in [6, 6.07) is 5.83. The van der Waals surface area contributed by atoms with Gasteiger partial charge in [-0.05, 0) is 62.8 Å². The predicted molar refractivity (Wildman–Crippen MR) is 104 cm³/mol. The van der Waals surface area contributed by atoms with Crippen LogP contribution in [0.15, 0.2) is 18.2 Å². The van der Waals surface area contributed by atoms with E-state index in [-0.39, 0.29) is 12.1 Å². The van der Waals surface area contributed by atoms with Gasteiger partial charge in [0, 0.05) is 4.88 Å². The molecule has 138 valence electrons. The Hall–Kier alpha value is -2.21. The van der Waals surface area contributed by atoms with E-state index in [9.17, 15) is 4.79 Å². The van der Waals surface area contributed by atoms with Crippen molar-refractivity contribution in [3.8, 4) is 11.5 Å². The smallest absolute Gasteiger partial charge is 0.256 e. The molecule has 0 saturated carbocycles. The topological polar surface area (TPSA) is 59.6 Å². The molecule has 2 aromatic rings. The number of nitrogens with one attached hydrogen (secondary N) is 2. The lowest BCUT2D eigenvalue weighted by Gasteiger charge is -2.27. The number of aryl methyl sites for hydroxylation is 1. The molecular formula is C20H24N2O3S. The lowest BCUT2D eigenvalue weighted by atomic mass is 9.94. The monoisotopic (exact) mass is 372 g/mol. The second-order valence-electron chi connectivity index (χ2n) is 6.54. The van der Waals surface area contributed by atoms with Gasteiger partial charge in [-0.25, -0.2) is 0 Å². The quantitative estimate of drug-likeness (QED) is 0.822. The van der Waals surface area contributed by atoms with Gasteiger partial charge in [0.2, 0.25) is 0 Å². The van der Waals surface area contributed by atoms with Gasteiger partial charge in [0.15, 0.2) is 11.5 Å². The van der Waals surface area contributed by atoms with E-state index in [1.807, 2.05) is 32.0 Å². The average Bonchev–Trinajstić information content (AvgIpc) is 3.02. The molecule has 26 heavy (non-hydrogen) atoms. The van der Waals surface area contributed by atoms with Crippen molar-refractivity contribution in [3.05, 3.63) is 39.8 Å². The Morgan fingerprint density at radius 2 is 1.85 bits per heavy atom. The maximum absolute atomic E-state index is 12.8. The second kappa shape index (κ2) is 7.19. The van der Waals surface area contributed by atoms with Crippen molar-refractivity contribution in [1.82, 2.24) is 5.32 Å². The van der Waals surface area contributed by atoms with E-state index < -0.39 is 0 Å². The number of ether oxygens (including phenoxy) is 2. The van der Waals surface area contributed by atoms with Gasteiger partial charge in [-0.3, -0.25) is 4.79 Å². The van der Waals surface area contributed by atoms with Gasteiger partial charge in [0.1, 0.15) is 11.2 Å². The number of hydrogen-bond acceptors (Lipinski definition) is 5. The van der Waals surface area contributed by atoms with Crippen molar-refractivity contribution in [1.29, 1.82) is 0 Å². The highest BCUT2D eigenvalue weighted by Crippen LogP contribution is 2.42. The van der Waals surface area contributed by atoms with E-state index in [0.717, 1.165) is 34.7 Å². The van der Waals surface area contributed by atoms with E-state index in [2.05, 4.69) is 10.6 Å². The summed E-state index contributed by atoms with van der Waals surface area (Å²) in [5.41, 5.74) is 3.07. The number of anilines is 1. The Bertz CT molecular complexity index is 831. The van der Waals surface area contributed by atoms with E-state index in [1.165, 1.54) is 23.3 Å². The van der Waals surface area contributed by atoms with E-state index in [1.54, 1.807) is 11.3 Å². The van der Waals surface area contributed by atoms with E-state index >= 15 is 0 Å². The third kappa shape index (κ3) is 3.03. The zero-order valence-electron chi connectivity index (χ0n) is 15.2. The van der Waals surface area contributed by atoms with Crippen LogP contribution in [0.2, 0.25) is 0 Å². The molecule has 2 aliphatic rings. The van der Waals surface area contributed by atoms with Gasteiger partial charge in [0.25, 0.3) is 5.91 Å². The Morgan fingerprint density at radius 1 is 1.08 bits per heavy atom. The first-order valence-corrected chi connectivity index (χ1v) is 10.1. The number of thiophene rings is 1. The highest BCUT2D eigenvalue weighted by atomic mass is 32.1. The highest BCUT2D eigenvalue weighted by Gasteiger charge is 2.32. The predicted octanol–water partition coefficient (Wildman–Crippen LogP) is 4.28. The van der Waals surface area contributed by atoms with Crippen LogP contribution >= 0.6 is 11.3 Å². The molecule has 1 atom stereocenters. The fraction of sp³-hybridized carbons (Fsp3) is 0.450. The number of fused-ring (bicyclic) bond motifs is 3. The number of rotatable bonds is 5. The fourth-order valence-electron chi connectivity index (χ4n) is 3.69. The SMILES string of the molecule is CCOc1ccc([C@@H]2NC(=O)c3c(sc4c3CCCC4)N2)cc1OCC. The second-order valence-corrected chi connectivity index (χ2v) is 7.64. The van der Waals surface area contributed by atoms with Gasteiger partial charge in [-0.2, -0.15) is 0 Å².